The molecule has 1 N–H and O–H groups in total. The molecule has 142 valence electrons. The number of carbonyl (C=O) groups is 1. The Hall–Kier alpha value is -2.78. The normalized spacial score (nSPS) is 19.6. The lowest BCUT2D eigenvalue weighted by atomic mass is 9.83. The van der Waals surface area contributed by atoms with Gasteiger partial charge in [-0.2, -0.15) is 5.26 Å². The first-order valence-electron chi connectivity index (χ1n) is 9.11. The molecule has 1 aromatic carbocycles. The van der Waals surface area contributed by atoms with Gasteiger partial charge in [-0.3, -0.25) is 4.57 Å². The van der Waals surface area contributed by atoms with E-state index in [-0.39, 0.29) is 23.6 Å². The number of allylic oxidation sites excluding steroid dienone is 1. The van der Waals surface area contributed by atoms with Gasteiger partial charge in [-0.25, -0.2) is 4.79 Å². The number of hydrogen-bond donors (Lipinski definition) is 1. The van der Waals surface area contributed by atoms with E-state index in [2.05, 4.69) is 13.8 Å². The van der Waals surface area contributed by atoms with Crippen molar-refractivity contribution in [1.82, 2.24) is 4.57 Å². The van der Waals surface area contributed by atoms with Crippen LogP contribution in [0.3, 0.4) is 0 Å². The topological polar surface area (TPSA) is 84.5 Å². The molecule has 2 heterocycles. The molecule has 6 nitrogen and oxygen atoms in total. The monoisotopic (exact) mass is 368 g/mol. The zero-order chi connectivity index (χ0) is 19.6. The van der Waals surface area contributed by atoms with Crippen LogP contribution >= 0.6 is 0 Å². The molecule has 0 amide bonds. The lowest BCUT2D eigenvalue weighted by Crippen LogP contribution is -2.32. The minimum Gasteiger partial charge on any atom is -0.513 e. The van der Waals surface area contributed by atoms with Gasteiger partial charge in [-0.15, -0.1) is 0 Å². The molecule has 1 aromatic heterocycles. The van der Waals surface area contributed by atoms with Gasteiger partial charge < -0.3 is 14.6 Å². The van der Waals surface area contributed by atoms with Crippen LogP contribution in [-0.2, 0) is 9.47 Å². The number of ether oxygens (including phenoxy) is 2. The van der Waals surface area contributed by atoms with Crippen molar-refractivity contribution in [1.29, 1.82) is 5.26 Å². The molecule has 1 aliphatic heterocycles. The minimum atomic E-state index is -0.531. The fraction of sp³-hybridized carbons (Fsp3) is 0.429. The van der Waals surface area contributed by atoms with Crippen molar-refractivity contribution in [3.8, 4) is 6.07 Å². The quantitative estimate of drug-likeness (QED) is 0.492. The van der Waals surface area contributed by atoms with Gasteiger partial charge in [0.2, 0.25) is 0 Å². The molecule has 0 saturated carbocycles. The summed E-state index contributed by atoms with van der Waals surface area (Å²) in [6, 6.07) is 9.59. The summed E-state index contributed by atoms with van der Waals surface area (Å²) in [5, 5.41) is 19.6. The Morgan fingerprint density at radius 3 is 2.89 bits per heavy atom. The second kappa shape index (κ2) is 7.45. The van der Waals surface area contributed by atoms with Crippen molar-refractivity contribution in [2.24, 2.45) is 0 Å². The Morgan fingerprint density at radius 1 is 1.48 bits per heavy atom. The third-order valence-electron chi connectivity index (χ3n) is 4.96. The maximum Gasteiger partial charge on any atom is 0.355 e. The zero-order valence-electron chi connectivity index (χ0n) is 15.9. The van der Waals surface area contributed by atoms with E-state index in [1.807, 2.05) is 24.3 Å². The van der Waals surface area contributed by atoms with Gasteiger partial charge in [0.15, 0.2) is 5.70 Å². The van der Waals surface area contributed by atoms with E-state index < -0.39 is 5.97 Å². The second-order valence-electron chi connectivity index (χ2n) is 7.33. The molecular weight excluding hydrogens is 344 g/mol. The van der Waals surface area contributed by atoms with Gasteiger partial charge in [0, 0.05) is 12.0 Å². The largest absolute Gasteiger partial charge is 0.513 e. The maximum atomic E-state index is 12.4. The lowest BCUT2D eigenvalue weighted by Gasteiger charge is -2.35. The van der Waals surface area contributed by atoms with Gasteiger partial charge in [-0.1, -0.05) is 6.07 Å². The number of nitrogens with zero attached hydrogens (tertiary/aromatic N) is 2. The first kappa shape index (κ1) is 19.0. The van der Waals surface area contributed by atoms with E-state index in [0.29, 0.717) is 17.7 Å². The fourth-order valence-electron chi connectivity index (χ4n) is 3.76. The molecule has 1 aliphatic rings. The van der Waals surface area contributed by atoms with Crippen LogP contribution in [0, 0.1) is 11.3 Å². The first-order chi connectivity index (χ1) is 12.9. The molecule has 2 aromatic rings. The molecule has 1 saturated heterocycles. The van der Waals surface area contributed by atoms with E-state index in [1.54, 1.807) is 13.0 Å². The molecule has 1 atom stereocenters. The van der Waals surface area contributed by atoms with Gasteiger partial charge in [0.1, 0.15) is 18.0 Å². The number of fused-ring (bicyclic) bond motifs is 1. The van der Waals surface area contributed by atoms with Crippen LogP contribution in [0.5, 0.6) is 0 Å². The van der Waals surface area contributed by atoms with Crippen molar-refractivity contribution >= 4 is 22.6 Å². The van der Waals surface area contributed by atoms with Crippen molar-refractivity contribution < 1.29 is 19.4 Å². The van der Waals surface area contributed by atoms with Gasteiger partial charge in [0.25, 0.3) is 0 Å². The Bertz CT molecular complexity index is 934. The number of nitriles is 1. The Labute approximate surface area is 158 Å². The van der Waals surface area contributed by atoms with Crippen LogP contribution in [0.4, 0.5) is 0 Å². The number of aliphatic hydroxyl groups is 1. The summed E-state index contributed by atoms with van der Waals surface area (Å²) in [5.41, 5.74) is 1.88. The summed E-state index contributed by atoms with van der Waals surface area (Å²) in [6.45, 7) is 6.86. The number of rotatable bonds is 4. The first-order valence-corrected chi connectivity index (χ1v) is 9.11. The summed E-state index contributed by atoms with van der Waals surface area (Å²) in [4.78, 5) is 12.4. The fourth-order valence-corrected chi connectivity index (χ4v) is 3.76. The van der Waals surface area contributed by atoms with Crippen LogP contribution < -0.4 is 0 Å². The third kappa shape index (κ3) is 3.69. The third-order valence-corrected chi connectivity index (χ3v) is 4.96. The molecule has 0 aliphatic carbocycles. The van der Waals surface area contributed by atoms with Crippen molar-refractivity contribution in [3.05, 3.63) is 41.8 Å². The summed E-state index contributed by atoms with van der Waals surface area (Å²) in [6.07, 6.45) is 2.57. The van der Waals surface area contributed by atoms with E-state index >= 15 is 0 Å². The van der Waals surface area contributed by atoms with E-state index in [4.69, 9.17) is 9.47 Å². The second-order valence-corrected chi connectivity index (χ2v) is 7.33. The van der Waals surface area contributed by atoms with Crippen LogP contribution in [0.15, 0.2) is 30.5 Å². The van der Waals surface area contributed by atoms with Crippen molar-refractivity contribution in [2.75, 3.05) is 13.2 Å². The number of esters is 1. The number of aromatic nitrogens is 1. The number of carbonyl (C=O) groups excluding carboxylic acids is 1. The number of aliphatic hydroxyl groups excluding tert-OH is 1. The predicted molar refractivity (Wildman–Crippen MR) is 102 cm³/mol. The molecule has 6 heteroatoms. The molecule has 27 heavy (non-hydrogen) atoms. The molecule has 3 rings (SSSR count). The summed E-state index contributed by atoms with van der Waals surface area (Å²) < 4.78 is 12.4. The van der Waals surface area contributed by atoms with Crippen LogP contribution in [0.2, 0.25) is 0 Å². The number of hydrogen-bond acceptors (Lipinski definition) is 5. The highest BCUT2D eigenvalue weighted by molar-refractivity contribution is 5.99. The smallest absolute Gasteiger partial charge is 0.355 e. The summed E-state index contributed by atoms with van der Waals surface area (Å²) in [5.74, 6) is -0.159. The maximum absolute atomic E-state index is 12.4. The van der Waals surface area contributed by atoms with Crippen LogP contribution in [-0.4, -0.2) is 34.5 Å². The Morgan fingerprint density at radius 2 is 2.26 bits per heavy atom. The summed E-state index contributed by atoms with van der Waals surface area (Å²) >= 11 is 0. The van der Waals surface area contributed by atoms with Crippen LogP contribution in [0.25, 0.3) is 16.6 Å². The molecule has 0 bridgehead atoms. The molecule has 0 radical (unpaired) electrons. The SMILES string of the molecule is CCOC(=O)c1cc2cc([C@H]3CCOC(C)(C)C3)ccc2n1C(C#N)=CO. The molecule has 1 fully saturated rings. The van der Waals surface area contributed by atoms with Crippen LogP contribution in [0.1, 0.15) is 55.6 Å². The van der Waals surface area contributed by atoms with E-state index in [0.717, 1.165) is 24.8 Å². The number of benzene rings is 1. The molecule has 0 spiro atoms. The lowest BCUT2D eigenvalue weighted by molar-refractivity contribution is -0.0592. The van der Waals surface area contributed by atoms with Gasteiger partial charge in [0.05, 0.1) is 17.7 Å². The zero-order valence-corrected chi connectivity index (χ0v) is 15.9. The molecule has 0 unspecified atom stereocenters. The van der Waals surface area contributed by atoms with E-state index in [9.17, 15) is 15.2 Å². The van der Waals surface area contributed by atoms with Gasteiger partial charge in [-0.05, 0) is 63.3 Å². The highest BCUT2D eigenvalue weighted by Gasteiger charge is 2.30. The van der Waals surface area contributed by atoms with E-state index in [1.165, 1.54) is 10.1 Å². The average Bonchev–Trinajstić information content (AvgIpc) is 3.01. The highest BCUT2D eigenvalue weighted by atomic mass is 16.5. The minimum absolute atomic E-state index is 0.0343. The van der Waals surface area contributed by atoms with Gasteiger partial charge >= 0.3 is 5.97 Å². The Balaban J connectivity index is 2.10. The predicted octanol–water partition coefficient (Wildman–Crippen LogP) is 4.37. The molecular formula is C21H24N2O4. The average molecular weight is 368 g/mol. The van der Waals surface area contributed by atoms with Crippen molar-refractivity contribution in [2.45, 2.75) is 45.1 Å². The standard InChI is InChI=1S/C21H24N2O4/c1-4-26-20(25)19-10-16-9-14(15-7-8-27-21(2,3)11-15)5-6-18(16)23(19)17(12-22)13-24/h5-6,9-10,13,15,24H,4,7-8,11H2,1-3H3/t15-/m0/s1. The summed E-state index contributed by atoms with van der Waals surface area (Å²) in [7, 11) is 0. The highest BCUT2D eigenvalue weighted by Crippen LogP contribution is 2.37. The Kier molecular flexibility index (Phi) is 5.24. The van der Waals surface area contributed by atoms with Crippen molar-refractivity contribution in [3.63, 3.8) is 0 Å².